The first kappa shape index (κ1) is 37.8. The molecule has 0 spiro atoms. The molecule has 5 aromatic rings. The zero-order chi connectivity index (χ0) is 39.4. The fraction of sp³-hybridized carbons (Fsp3) is 0.400. The normalized spacial score (nSPS) is 19.3. The van der Waals surface area contributed by atoms with Crippen molar-refractivity contribution in [3.8, 4) is 17.0 Å². The number of nitrogens with one attached hydrogen (secondary N) is 4. The van der Waals surface area contributed by atoms with E-state index >= 15 is 0 Å². The molecule has 3 fully saturated rings. The maximum absolute atomic E-state index is 12.1. The standard InChI is InChI=1S/C45H52N10O3/c1-30-38(29-47-44-42(30)46-17-26-58-44)33-3-4-34-28-48-45(51-40(34)27-33)50-36-9-11-37(12-10-36)55-24-22-54(23-25-55)19-2-18-53-20-15-32(16-21-53)31-5-7-35(8-6-31)49-39-13-14-41(56)52-43(39)57/h3-12,27-29,32,39,46,49H,2,13-26H2,1H3,(H,48,50,51)(H,52,56,57). The van der Waals surface area contributed by atoms with Gasteiger partial charge in [0.15, 0.2) is 0 Å². The number of imide groups is 1. The second kappa shape index (κ2) is 17.0. The molecule has 9 rings (SSSR count). The van der Waals surface area contributed by atoms with Crippen LogP contribution in [0.4, 0.5) is 28.7 Å². The molecule has 4 aliphatic heterocycles. The van der Waals surface area contributed by atoms with Crippen LogP contribution in [0.1, 0.15) is 49.1 Å². The van der Waals surface area contributed by atoms with Crippen LogP contribution in [0.5, 0.6) is 5.88 Å². The van der Waals surface area contributed by atoms with Crippen LogP contribution in [0.3, 0.4) is 0 Å². The predicted octanol–water partition coefficient (Wildman–Crippen LogP) is 6.16. The Morgan fingerprint density at radius 3 is 2.36 bits per heavy atom. The van der Waals surface area contributed by atoms with Crippen LogP contribution < -0.4 is 30.9 Å². The monoisotopic (exact) mass is 780 g/mol. The Balaban J connectivity index is 0.702. The highest BCUT2D eigenvalue weighted by molar-refractivity contribution is 6.01. The number of piperidine rings is 2. The van der Waals surface area contributed by atoms with Crippen LogP contribution in [0.15, 0.2) is 79.1 Å². The summed E-state index contributed by atoms with van der Waals surface area (Å²) >= 11 is 0. The van der Waals surface area contributed by atoms with Gasteiger partial charge in [0.25, 0.3) is 0 Å². The molecule has 0 bridgehead atoms. The number of anilines is 5. The van der Waals surface area contributed by atoms with Crippen molar-refractivity contribution in [2.75, 3.05) is 86.4 Å². The molecule has 13 heteroatoms. The summed E-state index contributed by atoms with van der Waals surface area (Å²) in [5.41, 5.74) is 9.56. The number of aromatic nitrogens is 3. The van der Waals surface area contributed by atoms with Gasteiger partial charge >= 0.3 is 0 Å². The topological polar surface area (TPSA) is 140 Å². The molecule has 6 heterocycles. The summed E-state index contributed by atoms with van der Waals surface area (Å²) < 4.78 is 5.72. The lowest BCUT2D eigenvalue weighted by Crippen LogP contribution is -2.47. The third kappa shape index (κ3) is 8.56. The number of ether oxygens (including phenoxy) is 1. The van der Waals surface area contributed by atoms with E-state index in [-0.39, 0.29) is 17.9 Å². The zero-order valence-electron chi connectivity index (χ0n) is 33.2. The van der Waals surface area contributed by atoms with Gasteiger partial charge in [0.2, 0.25) is 23.6 Å². The van der Waals surface area contributed by atoms with Gasteiger partial charge in [-0.2, -0.15) is 0 Å². The molecule has 2 amide bonds. The lowest BCUT2D eigenvalue weighted by molar-refractivity contribution is -0.133. The summed E-state index contributed by atoms with van der Waals surface area (Å²) in [5.74, 6) is 1.38. The van der Waals surface area contributed by atoms with E-state index in [0.717, 1.165) is 104 Å². The Hall–Kier alpha value is -5.79. The van der Waals surface area contributed by atoms with E-state index < -0.39 is 0 Å². The highest BCUT2D eigenvalue weighted by Crippen LogP contribution is 2.36. The number of piperazine rings is 1. The Labute approximate surface area is 339 Å². The molecular weight excluding hydrogens is 729 g/mol. The van der Waals surface area contributed by atoms with E-state index in [9.17, 15) is 9.59 Å². The molecule has 13 nitrogen and oxygen atoms in total. The molecule has 3 saturated heterocycles. The SMILES string of the molecule is Cc1c(-c2ccc3cnc(Nc4ccc(N5CCN(CCCN6CCC(c7ccc(NC8CCC(=O)NC8=O)cc7)CC6)CC5)cc4)nc3c2)cnc2c1NCCO2. The number of amides is 2. The van der Waals surface area contributed by atoms with Gasteiger partial charge in [0.05, 0.1) is 5.52 Å². The van der Waals surface area contributed by atoms with Crippen molar-refractivity contribution in [1.82, 2.24) is 30.1 Å². The molecule has 0 aliphatic carbocycles. The van der Waals surface area contributed by atoms with Crippen LogP contribution in [-0.2, 0) is 9.59 Å². The van der Waals surface area contributed by atoms with E-state index in [0.29, 0.717) is 37.2 Å². The quantitative estimate of drug-likeness (QED) is 0.114. The summed E-state index contributed by atoms with van der Waals surface area (Å²) in [6.07, 6.45) is 8.21. The van der Waals surface area contributed by atoms with Crippen molar-refractivity contribution in [3.05, 3.63) is 90.3 Å². The number of hydrogen-bond acceptors (Lipinski definition) is 12. The van der Waals surface area contributed by atoms with E-state index in [1.807, 2.05) is 12.4 Å². The largest absolute Gasteiger partial charge is 0.474 e. The molecule has 300 valence electrons. The molecule has 1 unspecified atom stereocenters. The van der Waals surface area contributed by atoms with Gasteiger partial charge < -0.3 is 30.5 Å². The van der Waals surface area contributed by atoms with E-state index in [1.165, 1.54) is 30.5 Å². The Kier molecular flexibility index (Phi) is 11.1. The van der Waals surface area contributed by atoms with Crippen LogP contribution in [-0.4, -0.2) is 108 Å². The minimum atomic E-state index is -0.351. The smallest absolute Gasteiger partial charge is 0.249 e. The highest BCUT2D eigenvalue weighted by atomic mass is 16.5. The second-order valence-electron chi connectivity index (χ2n) is 16.0. The summed E-state index contributed by atoms with van der Waals surface area (Å²) in [4.78, 5) is 45.3. The number of nitrogens with zero attached hydrogens (tertiary/aromatic N) is 6. The van der Waals surface area contributed by atoms with Crippen molar-refractivity contribution >= 4 is 51.4 Å². The van der Waals surface area contributed by atoms with Gasteiger partial charge in [-0.05, 0) is 124 Å². The molecule has 4 aliphatic rings. The predicted molar refractivity (Wildman–Crippen MR) is 229 cm³/mol. The van der Waals surface area contributed by atoms with Crippen molar-refractivity contribution in [2.45, 2.75) is 51.0 Å². The number of benzene rings is 3. The molecule has 3 aromatic carbocycles. The maximum Gasteiger partial charge on any atom is 0.249 e. The van der Waals surface area contributed by atoms with Crippen LogP contribution in [0.2, 0.25) is 0 Å². The van der Waals surface area contributed by atoms with Gasteiger partial charge in [-0.1, -0.05) is 24.3 Å². The fourth-order valence-electron chi connectivity index (χ4n) is 8.77. The average Bonchev–Trinajstić information content (AvgIpc) is 3.26. The third-order valence-electron chi connectivity index (χ3n) is 12.2. The van der Waals surface area contributed by atoms with Gasteiger partial charge in [-0.15, -0.1) is 0 Å². The third-order valence-corrected chi connectivity index (χ3v) is 12.2. The molecule has 4 N–H and O–H groups in total. The number of rotatable bonds is 11. The lowest BCUT2D eigenvalue weighted by Gasteiger charge is -2.37. The van der Waals surface area contributed by atoms with Crippen molar-refractivity contribution < 1.29 is 14.3 Å². The minimum absolute atomic E-state index is 0.189. The average molecular weight is 781 g/mol. The van der Waals surface area contributed by atoms with Crippen molar-refractivity contribution in [2.24, 2.45) is 0 Å². The maximum atomic E-state index is 12.1. The number of carbonyl (C=O) groups excluding carboxylic acids is 2. The first-order valence-corrected chi connectivity index (χ1v) is 20.8. The van der Waals surface area contributed by atoms with Gasteiger partial charge in [0.1, 0.15) is 18.3 Å². The summed E-state index contributed by atoms with van der Waals surface area (Å²) in [6, 6.07) is 23.0. The van der Waals surface area contributed by atoms with E-state index in [2.05, 4.69) is 120 Å². The van der Waals surface area contributed by atoms with E-state index in [1.54, 1.807) is 0 Å². The molecule has 1 atom stereocenters. The summed E-state index contributed by atoms with van der Waals surface area (Å²) in [5, 5.41) is 13.5. The van der Waals surface area contributed by atoms with Gasteiger partial charge in [0, 0.05) is 79.6 Å². The Bertz CT molecular complexity index is 2250. The molecule has 0 saturated carbocycles. The molecule has 2 aromatic heterocycles. The summed E-state index contributed by atoms with van der Waals surface area (Å²) in [6.45, 7) is 12.3. The number of fused-ring (bicyclic) bond motifs is 2. The molecular formula is C45H52N10O3. The first-order valence-electron chi connectivity index (χ1n) is 20.8. The number of hydrogen-bond donors (Lipinski definition) is 4. The molecule has 0 radical (unpaired) electrons. The molecule has 58 heavy (non-hydrogen) atoms. The first-order chi connectivity index (χ1) is 28.4. The number of carbonyl (C=O) groups is 2. The van der Waals surface area contributed by atoms with Crippen LogP contribution >= 0.6 is 0 Å². The lowest BCUT2D eigenvalue weighted by atomic mass is 9.89. The van der Waals surface area contributed by atoms with Gasteiger partial charge in [-0.3, -0.25) is 19.8 Å². The number of likely N-dealkylation sites (tertiary alicyclic amines) is 1. The zero-order valence-corrected chi connectivity index (χ0v) is 33.2. The Morgan fingerprint density at radius 1 is 0.828 bits per heavy atom. The highest BCUT2D eigenvalue weighted by Gasteiger charge is 2.27. The van der Waals surface area contributed by atoms with E-state index in [4.69, 9.17) is 9.72 Å². The van der Waals surface area contributed by atoms with Crippen LogP contribution in [0.25, 0.3) is 22.0 Å². The summed E-state index contributed by atoms with van der Waals surface area (Å²) in [7, 11) is 0. The minimum Gasteiger partial charge on any atom is -0.474 e. The number of pyridine rings is 1. The van der Waals surface area contributed by atoms with Crippen molar-refractivity contribution in [3.63, 3.8) is 0 Å². The second-order valence-corrected chi connectivity index (χ2v) is 16.0. The van der Waals surface area contributed by atoms with Crippen molar-refractivity contribution in [1.29, 1.82) is 0 Å². The Morgan fingerprint density at radius 2 is 1.59 bits per heavy atom. The van der Waals surface area contributed by atoms with Crippen LogP contribution in [0, 0.1) is 6.92 Å². The van der Waals surface area contributed by atoms with Gasteiger partial charge in [-0.25, -0.2) is 15.0 Å². The fourth-order valence-corrected chi connectivity index (χ4v) is 8.77.